The van der Waals surface area contributed by atoms with E-state index in [-0.39, 0.29) is 18.4 Å². The second kappa shape index (κ2) is 8.08. The lowest BCUT2D eigenvalue weighted by atomic mass is 9.98. The molecule has 0 aliphatic rings. The molecular weight excluding hydrogens is 294 g/mol. The van der Waals surface area contributed by atoms with Crippen LogP contribution in [0.4, 0.5) is 8.78 Å². The first-order valence-electron chi connectivity index (χ1n) is 6.57. The second-order valence-corrected chi connectivity index (χ2v) is 4.83. The van der Waals surface area contributed by atoms with Crippen molar-refractivity contribution in [1.29, 1.82) is 5.26 Å². The molecule has 1 N–H and O–H groups in total. The van der Waals surface area contributed by atoms with Crippen molar-refractivity contribution in [3.05, 3.63) is 35.4 Å². The Kier molecular flexibility index (Phi) is 6.45. The summed E-state index contributed by atoms with van der Waals surface area (Å²) >= 11 is 0. The van der Waals surface area contributed by atoms with Gasteiger partial charge in [-0.05, 0) is 17.7 Å². The number of carbonyl (C=O) groups excluding carboxylic acids is 2. The molecule has 0 radical (unpaired) electrons. The maximum absolute atomic E-state index is 13.1. The number of ether oxygens (including phenoxy) is 1. The van der Waals surface area contributed by atoms with Gasteiger partial charge in [-0.15, -0.1) is 0 Å². The van der Waals surface area contributed by atoms with Crippen molar-refractivity contribution in [2.24, 2.45) is 5.92 Å². The molecule has 1 aromatic rings. The lowest BCUT2D eigenvalue weighted by molar-refractivity contribution is -0.146. The zero-order valence-electron chi connectivity index (χ0n) is 12.2. The van der Waals surface area contributed by atoms with E-state index >= 15 is 0 Å². The molecule has 7 heteroatoms. The summed E-state index contributed by atoms with van der Waals surface area (Å²) in [6.07, 6.45) is -0.158. The summed E-state index contributed by atoms with van der Waals surface area (Å²) in [6.45, 7) is 1.63. The molecular formula is C15H16F2N2O3. The molecule has 0 aromatic heterocycles. The third-order valence-corrected chi connectivity index (χ3v) is 3.10. The zero-order chi connectivity index (χ0) is 16.7. The van der Waals surface area contributed by atoms with Crippen LogP contribution in [0.5, 0.6) is 0 Å². The van der Waals surface area contributed by atoms with Crippen LogP contribution in [-0.2, 0) is 20.7 Å². The molecule has 1 rings (SSSR count). The van der Waals surface area contributed by atoms with Crippen molar-refractivity contribution in [3.8, 4) is 6.07 Å². The fraction of sp³-hybridized carbons (Fsp3) is 0.400. The van der Waals surface area contributed by atoms with Crippen molar-refractivity contribution < 1.29 is 23.1 Å². The minimum atomic E-state index is -1.05. The molecule has 0 heterocycles. The first-order valence-corrected chi connectivity index (χ1v) is 6.57. The van der Waals surface area contributed by atoms with Crippen LogP contribution in [-0.4, -0.2) is 25.0 Å². The van der Waals surface area contributed by atoms with Crippen molar-refractivity contribution in [2.75, 3.05) is 7.11 Å². The van der Waals surface area contributed by atoms with E-state index in [1.165, 1.54) is 13.2 Å². The SMILES string of the molecule is COC(=O)[C@H](NC(=O)Cc1ccc(F)c(F)c1)[C@@H](C)CC#N. The monoisotopic (exact) mass is 310 g/mol. The average molecular weight is 310 g/mol. The van der Waals surface area contributed by atoms with Crippen LogP contribution in [0.1, 0.15) is 18.9 Å². The summed E-state index contributed by atoms with van der Waals surface area (Å²) in [4.78, 5) is 23.6. The van der Waals surface area contributed by atoms with E-state index < -0.39 is 35.5 Å². The van der Waals surface area contributed by atoms with Crippen LogP contribution < -0.4 is 5.32 Å². The van der Waals surface area contributed by atoms with E-state index in [9.17, 15) is 18.4 Å². The third-order valence-electron chi connectivity index (χ3n) is 3.10. The molecule has 2 atom stereocenters. The van der Waals surface area contributed by atoms with Crippen LogP contribution in [0.25, 0.3) is 0 Å². The number of carbonyl (C=O) groups is 2. The highest BCUT2D eigenvalue weighted by molar-refractivity contribution is 5.85. The third kappa shape index (κ3) is 4.81. The van der Waals surface area contributed by atoms with Crippen LogP contribution in [0, 0.1) is 28.9 Å². The highest BCUT2D eigenvalue weighted by Gasteiger charge is 2.27. The number of nitrogens with zero attached hydrogens (tertiary/aromatic N) is 1. The molecule has 0 aliphatic carbocycles. The Morgan fingerprint density at radius 3 is 2.59 bits per heavy atom. The van der Waals surface area contributed by atoms with Gasteiger partial charge in [0.15, 0.2) is 11.6 Å². The summed E-state index contributed by atoms with van der Waals surface area (Å²) < 4.78 is 30.5. The number of hydrogen-bond donors (Lipinski definition) is 1. The maximum atomic E-state index is 13.1. The number of methoxy groups -OCH3 is 1. The summed E-state index contributed by atoms with van der Waals surface area (Å²) in [7, 11) is 1.18. The Hall–Kier alpha value is -2.49. The van der Waals surface area contributed by atoms with Gasteiger partial charge in [0.05, 0.1) is 19.6 Å². The molecule has 0 bridgehead atoms. The number of halogens is 2. The molecule has 5 nitrogen and oxygen atoms in total. The van der Waals surface area contributed by atoms with Crippen molar-refractivity contribution in [3.63, 3.8) is 0 Å². The van der Waals surface area contributed by atoms with Gasteiger partial charge in [0.1, 0.15) is 6.04 Å². The second-order valence-electron chi connectivity index (χ2n) is 4.83. The number of hydrogen-bond acceptors (Lipinski definition) is 4. The van der Waals surface area contributed by atoms with Crippen molar-refractivity contribution in [2.45, 2.75) is 25.8 Å². The Morgan fingerprint density at radius 2 is 2.05 bits per heavy atom. The number of nitriles is 1. The fourth-order valence-electron chi connectivity index (χ4n) is 1.88. The molecule has 0 saturated carbocycles. The molecule has 0 fully saturated rings. The maximum Gasteiger partial charge on any atom is 0.328 e. The Labute approximate surface area is 126 Å². The number of benzene rings is 1. The molecule has 0 aliphatic heterocycles. The van der Waals surface area contributed by atoms with Crippen LogP contribution in [0.2, 0.25) is 0 Å². The lowest BCUT2D eigenvalue weighted by Gasteiger charge is -2.21. The van der Waals surface area contributed by atoms with E-state index in [0.717, 1.165) is 12.1 Å². The van der Waals surface area contributed by atoms with Gasteiger partial charge in [-0.1, -0.05) is 13.0 Å². The summed E-state index contributed by atoms with van der Waals surface area (Å²) in [5, 5.41) is 11.1. The topological polar surface area (TPSA) is 79.2 Å². The normalized spacial score (nSPS) is 12.9. The molecule has 1 aromatic carbocycles. The molecule has 118 valence electrons. The largest absolute Gasteiger partial charge is 0.467 e. The van der Waals surface area contributed by atoms with Crippen LogP contribution >= 0.6 is 0 Å². The molecule has 0 unspecified atom stereocenters. The zero-order valence-corrected chi connectivity index (χ0v) is 12.2. The van der Waals surface area contributed by atoms with Gasteiger partial charge in [0.25, 0.3) is 0 Å². The molecule has 0 saturated heterocycles. The van der Waals surface area contributed by atoms with Crippen molar-refractivity contribution >= 4 is 11.9 Å². The van der Waals surface area contributed by atoms with E-state index in [2.05, 4.69) is 10.1 Å². The quantitative estimate of drug-likeness (QED) is 0.811. The first kappa shape index (κ1) is 17.6. The lowest BCUT2D eigenvalue weighted by Crippen LogP contribution is -2.46. The Morgan fingerprint density at radius 1 is 1.36 bits per heavy atom. The fourth-order valence-corrected chi connectivity index (χ4v) is 1.88. The number of rotatable bonds is 6. The first-order chi connectivity index (χ1) is 10.4. The van der Waals surface area contributed by atoms with Gasteiger partial charge in [0.2, 0.25) is 5.91 Å². The predicted molar refractivity (Wildman–Crippen MR) is 73.4 cm³/mol. The molecule has 22 heavy (non-hydrogen) atoms. The number of esters is 1. The highest BCUT2D eigenvalue weighted by Crippen LogP contribution is 2.12. The summed E-state index contributed by atoms with van der Waals surface area (Å²) in [5.74, 6) is -3.70. The van der Waals surface area contributed by atoms with E-state index in [1.54, 1.807) is 6.92 Å². The van der Waals surface area contributed by atoms with Gasteiger partial charge < -0.3 is 10.1 Å². The average Bonchev–Trinajstić information content (AvgIpc) is 2.48. The van der Waals surface area contributed by atoms with Crippen LogP contribution in [0.15, 0.2) is 18.2 Å². The van der Waals surface area contributed by atoms with Crippen LogP contribution in [0.3, 0.4) is 0 Å². The minimum Gasteiger partial charge on any atom is -0.467 e. The Balaban J connectivity index is 2.76. The Bertz CT molecular complexity index is 599. The summed E-state index contributed by atoms with van der Waals surface area (Å²) in [6, 6.07) is 4.07. The van der Waals surface area contributed by atoms with Gasteiger partial charge in [-0.2, -0.15) is 5.26 Å². The smallest absolute Gasteiger partial charge is 0.328 e. The highest BCUT2D eigenvalue weighted by atomic mass is 19.2. The molecule has 0 spiro atoms. The minimum absolute atomic E-state index is 0.0607. The predicted octanol–water partition coefficient (Wildman–Crippen LogP) is 1.71. The van der Waals surface area contributed by atoms with E-state index in [0.29, 0.717) is 0 Å². The summed E-state index contributed by atoms with van der Waals surface area (Å²) in [5.41, 5.74) is 0.271. The van der Waals surface area contributed by atoms with Gasteiger partial charge >= 0.3 is 5.97 Å². The molecule has 1 amide bonds. The van der Waals surface area contributed by atoms with Gasteiger partial charge in [-0.25, -0.2) is 13.6 Å². The number of amides is 1. The standard InChI is InChI=1S/C15H16F2N2O3/c1-9(5-6-18)14(15(21)22-2)19-13(20)8-10-3-4-11(16)12(17)7-10/h3-4,7,9,14H,5,8H2,1-2H3,(H,19,20)/t9-,14+/m0/s1. The van der Waals surface area contributed by atoms with Gasteiger partial charge in [-0.3, -0.25) is 4.79 Å². The number of nitrogens with one attached hydrogen (secondary N) is 1. The van der Waals surface area contributed by atoms with E-state index in [1.807, 2.05) is 6.07 Å². The van der Waals surface area contributed by atoms with Gasteiger partial charge in [0, 0.05) is 12.3 Å². The van der Waals surface area contributed by atoms with Crippen molar-refractivity contribution in [1.82, 2.24) is 5.32 Å². The van der Waals surface area contributed by atoms with E-state index in [4.69, 9.17) is 5.26 Å².